The Morgan fingerprint density at radius 3 is 2.34 bits per heavy atom. The Morgan fingerprint density at radius 1 is 1.03 bits per heavy atom. The van der Waals surface area contributed by atoms with Crippen LogP contribution in [0.2, 0.25) is 0 Å². The van der Waals surface area contributed by atoms with Crippen LogP contribution in [0.1, 0.15) is 43.6 Å². The average molecular weight is 443 g/mol. The quantitative estimate of drug-likeness (QED) is 0.600. The van der Waals surface area contributed by atoms with Crippen molar-refractivity contribution in [3.63, 3.8) is 0 Å². The topological polar surface area (TPSA) is 103 Å². The number of rotatable bonds is 8. The Bertz CT molecular complexity index is 934. The molecule has 0 fully saturated rings. The number of ether oxygens (including phenoxy) is 3. The van der Waals surface area contributed by atoms with Crippen LogP contribution in [0.15, 0.2) is 48.5 Å². The van der Waals surface area contributed by atoms with Crippen molar-refractivity contribution in [2.75, 3.05) is 19.0 Å². The van der Waals surface area contributed by atoms with Crippen molar-refractivity contribution in [1.82, 2.24) is 5.32 Å². The summed E-state index contributed by atoms with van der Waals surface area (Å²) in [4.78, 5) is 36.6. The van der Waals surface area contributed by atoms with Crippen LogP contribution in [-0.4, -0.2) is 43.3 Å². The first-order valence-electron chi connectivity index (χ1n) is 10.3. The predicted molar refractivity (Wildman–Crippen MR) is 121 cm³/mol. The molecule has 0 aliphatic heterocycles. The Morgan fingerprint density at radius 2 is 1.72 bits per heavy atom. The van der Waals surface area contributed by atoms with Crippen molar-refractivity contribution in [2.45, 2.75) is 45.8 Å². The monoisotopic (exact) mass is 442 g/mol. The number of nitrogens with one attached hydrogen (secondary N) is 2. The number of methoxy groups -OCH3 is 1. The van der Waals surface area contributed by atoms with Crippen molar-refractivity contribution >= 4 is 23.7 Å². The fraction of sp³-hybridized carbons (Fsp3) is 0.375. The SMILES string of the molecule is COc1ccc(CCNC(=O)C(C)OC(=O)c2cccc(NC(=O)OC(C)(C)C)c2)cc1. The molecule has 2 rings (SSSR count). The van der Waals surface area contributed by atoms with E-state index in [9.17, 15) is 14.4 Å². The zero-order valence-corrected chi connectivity index (χ0v) is 19.1. The Balaban J connectivity index is 1.84. The lowest BCUT2D eigenvalue weighted by Gasteiger charge is -2.19. The normalized spacial score (nSPS) is 11.8. The molecule has 0 spiro atoms. The number of carbonyl (C=O) groups excluding carboxylic acids is 3. The number of hydrogen-bond acceptors (Lipinski definition) is 6. The van der Waals surface area contributed by atoms with Gasteiger partial charge in [0, 0.05) is 12.2 Å². The van der Waals surface area contributed by atoms with Gasteiger partial charge in [-0.15, -0.1) is 0 Å². The molecule has 172 valence electrons. The average Bonchev–Trinajstić information content (AvgIpc) is 2.72. The van der Waals surface area contributed by atoms with E-state index in [4.69, 9.17) is 14.2 Å². The summed E-state index contributed by atoms with van der Waals surface area (Å²) in [5.74, 6) is -0.297. The maximum atomic E-state index is 12.4. The van der Waals surface area contributed by atoms with Crippen LogP contribution in [0.25, 0.3) is 0 Å². The molecule has 32 heavy (non-hydrogen) atoms. The molecule has 1 unspecified atom stereocenters. The minimum Gasteiger partial charge on any atom is -0.497 e. The molecule has 0 bridgehead atoms. The molecule has 8 heteroatoms. The summed E-state index contributed by atoms with van der Waals surface area (Å²) in [5.41, 5.74) is 0.989. The Hall–Kier alpha value is -3.55. The van der Waals surface area contributed by atoms with E-state index in [0.29, 0.717) is 18.7 Å². The van der Waals surface area contributed by atoms with Gasteiger partial charge in [-0.1, -0.05) is 18.2 Å². The van der Waals surface area contributed by atoms with Gasteiger partial charge in [0.1, 0.15) is 11.4 Å². The fourth-order valence-corrected chi connectivity index (χ4v) is 2.69. The van der Waals surface area contributed by atoms with E-state index in [1.54, 1.807) is 40.0 Å². The first kappa shape index (κ1) is 24.7. The number of anilines is 1. The van der Waals surface area contributed by atoms with Gasteiger partial charge in [-0.3, -0.25) is 10.1 Å². The summed E-state index contributed by atoms with van der Waals surface area (Å²) in [7, 11) is 1.60. The molecule has 0 heterocycles. The van der Waals surface area contributed by atoms with Crippen LogP contribution in [0, 0.1) is 0 Å². The van der Waals surface area contributed by atoms with Crippen LogP contribution in [-0.2, 0) is 20.7 Å². The van der Waals surface area contributed by atoms with Crippen molar-refractivity contribution in [1.29, 1.82) is 0 Å². The third-order valence-electron chi connectivity index (χ3n) is 4.27. The van der Waals surface area contributed by atoms with Crippen LogP contribution >= 0.6 is 0 Å². The molecular weight excluding hydrogens is 412 g/mol. The summed E-state index contributed by atoms with van der Waals surface area (Å²) in [6, 6.07) is 13.8. The largest absolute Gasteiger partial charge is 0.497 e. The predicted octanol–water partition coefficient (Wildman–Crippen LogP) is 3.95. The van der Waals surface area contributed by atoms with Crippen LogP contribution < -0.4 is 15.4 Å². The molecule has 8 nitrogen and oxygen atoms in total. The smallest absolute Gasteiger partial charge is 0.412 e. The zero-order valence-electron chi connectivity index (χ0n) is 19.1. The second-order valence-corrected chi connectivity index (χ2v) is 8.14. The van der Waals surface area contributed by atoms with Gasteiger partial charge in [0.2, 0.25) is 0 Å². The molecule has 0 saturated carbocycles. The first-order chi connectivity index (χ1) is 15.1. The third kappa shape index (κ3) is 8.29. The summed E-state index contributed by atoms with van der Waals surface area (Å²) >= 11 is 0. The number of esters is 1. The van der Waals surface area contributed by atoms with E-state index in [2.05, 4.69) is 10.6 Å². The van der Waals surface area contributed by atoms with Gasteiger partial charge in [0.15, 0.2) is 6.10 Å². The van der Waals surface area contributed by atoms with Crippen LogP contribution in [0.4, 0.5) is 10.5 Å². The van der Waals surface area contributed by atoms with E-state index in [0.717, 1.165) is 11.3 Å². The highest BCUT2D eigenvalue weighted by Crippen LogP contribution is 2.15. The number of benzene rings is 2. The van der Waals surface area contributed by atoms with Gasteiger partial charge in [0.05, 0.1) is 12.7 Å². The number of amides is 2. The molecule has 0 radical (unpaired) electrons. The standard InChI is InChI=1S/C24H30N2O6/c1-16(21(27)25-14-13-17-9-11-20(30-5)12-10-17)31-22(28)18-7-6-8-19(15-18)26-23(29)32-24(2,3)4/h6-12,15-16H,13-14H2,1-5H3,(H,25,27)(H,26,29). The minimum absolute atomic E-state index is 0.205. The van der Waals surface area contributed by atoms with E-state index < -0.39 is 29.7 Å². The van der Waals surface area contributed by atoms with Gasteiger partial charge < -0.3 is 19.5 Å². The molecule has 0 aliphatic rings. The van der Waals surface area contributed by atoms with E-state index in [1.165, 1.54) is 19.1 Å². The van der Waals surface area contributed by atoms with Gasteiger partial charge in [-0.25, -0.2) is 9.59 Å². The maximum absolute atomic E-state index is 12.4. The highest BCUT2D eigenvalue weighted by atomic mass is 16.6. The molecule has 1 atom stereocenters. The van der Waals surface area contributed by atoms with E-state index >= 15 is 0 Å². The second kappa shape index (κ2) is 11.2. The summed E-state index contributed by atoms with van der Waals surface area (Å²) < 4.78 is 15.6. The molecule has 2 aromatic carbocycles. The van der Waals surface area contributed by atoms with Gasteiger partial charge in [-0.2, -0.15) is 0 Å². The summed E-state index contributed by atoms with van der Waals surface area (Å²) in [5, 5.41) is 5.32. The van der Waals surface area contributed by atoms with Crippen molar-refractivity contribution in [2.24, 2.45) is 0 Å². The van der Waals surface area contributed by atoms with Gasteiger partial charge in [0.25, 0.3) is 5.91 Å². The lowest BCUT2D eigenvalue weighted by molar-refractivity contribution is -0.129. The molecule has 0 aliphatic carbocycles. The Kier molecular flexibility index (Phi) is 8.63. The van der Waals surface area contributed by atoms with E-state index in [1.807, 2.05) is 24.3 Å². The highest BCUT2D eigenvalue weighted by Gasteiger charge is 2.20. The molecule has 2 N–H and O–H groups in total. The first-order valence-corrected chi connectivity index (χ1v) is 10.3. The zero-order chi connectivity index (χ0) is 23.7. The second-order valence-electron chi connectivity index (χ2n) is 8.14. The van der Waals surface area contributed by atoms with Gasteiger partial charge in [-0.05, 0) is 70.0 Å². The van der Waals surface area contributed by atoms with Crippen LogP contribution in [0.3, 0.4) is 0 Å². The lowest BCUT2D eigenvalue weighted by atomic mass is 10.1. The lowest BCUT2D eigenvalue weighted by Crippen LogP contribution is -2.36. The van der Waals surface area contributed by atoms with Crippen molar-refractivity contribution in [3.05, 3.63) is 59.7 Å². The number of carbonyl (C=O) groups is 3. The van der Waals surface area contributed by atoms with Crippen molar-refractivity contribution < 1.29 is 28.6 Å². The van der Waals surface area contributed by atoms with Gasteiger partial charge >= 0.3 is 12.1 Å². The summed E-state index contributed by atoms with van der Waals surface area (Å²) in [6.45, 7) is 7.17. The third-order valence-corrected chi connectivity index (χ3v) is 4.27. The summed E-state index contributed by atoms with van der Waals surface area (Å²) in [6.07, 6.45) is -0.970. The molecule has 2 amide bonds. The molecule has 0 aromatic heterocycles. The Labute approximate surface area is 188 Å². The highest BCUT2D eigenvalue weighted by molar-refractivity contribution is 5.94. The fourth-order valence-electron chi connectivity index (χ4n) is 2.69. The maximum Gasteiger partial charge on any atom is 0.412 e. The molecule has 0 saturated heterocycles. The minimum atomic E-state index is -0.971. The van der Waals surface area contributed by atoms with E-state index in [-0.39, 0.29) is 5.56 Å². The van der Waals surface area contributed by atoms with Crippen LogP contribution in [0.5, 0.6) is 5.75 Å². The van der Waals surface area contributed by atoms with Crippen molar-refractivity contribution in [3.8, 4) is 5.75 Å². The molecular formula is C24H30N2O6. The molecule has 2 aromatic rings. The number of hydrogen-bond donors (Lipinski definition) is 2.